The van der Waals surface area contributed by atoms with Gasteiger partial charge in [0.1, 0.15) is 0 Å². The molecule has 0 aliphatic heterocycles. The standard InChI is InChI=1S/C15H23NO4.ClH/c1-4-20-15(17)13-9-11(5-7-18-2)12(6-8-19-3)10-14(13)16;/h9-10H,4-8,16H2,1-3H3;1H. The highest BCUT2D eigenvalue weighted by Crippen LogP contribution is 2.21. The lowest BCUT2D eigenvalue weighted by Crippen LogP contribution is -2.12. The Morgan fingerprint density at radius 2 is 1.62 bits per heavy atom. The van der Waals surface area contributed by atoms with Gasteiger partial charge in [-0.3, -0.25) is 0 Å². The molecule has 1 rings (SSSR count). The molecule has 0 bridgehead atoms. The van der Waals surface area contributed by atoms with Crippen molar-refractivity contribution in [1.82, 2.24) is 0 Å². The van der Waals surface area contributed by atoms with Crippen LogP contribution in [-0.2, 0) is 27.1 Å². The molecule has 0 saturated carbocycles. The highest BCUT2D eigenvalue weighted by atomic mass is 35.5. The monoisotopic (exact) mass is 317 g/mol. The van der Waals surface area contributed by atoms with E-state index in [0.717, 1.165) is 24.0 Å². The fourth-order valence-electron chi connectivity index (χ4n) is 1.98. The molecule has 2 N–H and O–H groups in total. The fourth-order valence-corrected chi connectivity index (χ4v) is 1.98. The topological polar surface area (TPSA) is 70.8 Å². The second-order valence-electron chi connectivity index (χ2n) is 4.41. The van der Waals surface area contributed by atoms with Gasteiger partial charge in [0.2, 0.25) is 0 Å². The van der Waals surface area contributed by atoms with Crippen LogP contribution in [0, 0.1) is 0 Å². The smallest absolute Gasteiger partial charge is 0.340 e. The Labute approximate surface area is 132 Å². The number of hydrogen-bond acceptors (Lipinski definition) is 5. The minimum absolute atomic E-state index is 0. The zero-order chi connectivity index (χ0) is 15.0. The first-order valence-electron chi connectivity index (χ1n) is 6.70. The molecule has 0 heterocycles. The number of carbonyl (C=O) groups excluding carboxylic acids is 1. The summed E-state index contributed by atoms with van der Waals surface area (Å²) < 4.78 is 15.2. The lowest BCUT2D eigenvalue weighted by molar-refractivity contribution is 0.0527. The summed E-state index contributed by atoms with van der Waals surface area (Å²) in [5, 5.41) is 0. The molecule has 0 radical (unpaired) electrons. The Bertz CT molecular complexity index is 452. The van der Waals surface area contributed by atoms with Crippen molar-refractivity contribution in [1.29, 1.82) is 0 Å². The lowest BCUT2D eigenvalue weighted by atomic mass is 9.98. The molecule has 0 fully saturated rings. The lowest BCUT2D eigenvalue weighted by Gasteiger charge is -2.13. The molecule has 0 aliphatic rings. The number of hydrogen-bond donors (Lipinski definition) is 1. The fraction of sp³-hybridized carbons (Fsp3) is 0.533. The van der Waals surface area contributed by atoms with Crippen molar-refractivity contribution in [3.05, 3.63) is 28.8 Å². The zero-order valence-electron chi connectivity index (χ0n) is 12.8. The van der Waals surface area contributed by atoms with E-state index in [1.165, 1.54) is 0 Å². The average molecular weight is 318 g/mol. The highest BCUT2D eigenvalue weighted by Gasteiger charge is 2.15. The van der Waals surface area contributed by atoms with Gasteiger partial charge in [0.25, 0.3) is 0 Å². The third-order valence-electron chi connectivity index (χ3n) is 3.02. The van der Waals surface area contributed by atoms with Gasteiger partial charge in [0.15, 0.2) is 0 Å². The van der Waals surface area contributed by atoms with Crippen LogP contribution in [0.4, 0.5) is 5.69 Å². The van der Waals surface area contributed by atoms with E-state index >= 15 is 0 Å². The molecule has 1 aromatic carbocycles. The van der Waals surface area contributed by atoms with E-state index in [-0.39, 0.29) is 18.4 Å². The number of benzene rings is 1. The third kappa shape index (κ3) is 5.91. The quantitative estimate of drug-likeness (QED) is 0.588. The molecule has 0 atom stereocenters. The van der Waals surface area contributed by atoms with Gasteiger partial charge in [0.05, 0.1) is 25.4 Å². The summed E-state index contributed by atoms with van der Waals surface area (Å²) in [4.78, 5) is 11.9. The Morgan fingerprint density at radius 1 is 1.10 bits per heavy atom. The van der Waals surface area contributed by atoms with Crippen molar-refractivity contribution in [2.24, 2.45) is 0 Å². The van der Waals surface area contributed by atoms with Gasteiger partial charge in [-0.25, -0.2) is 4.79 Å². The molecule has 5 nitrogen and oxygen atoms in total. The largest absolute Gasteiger partial charge is 0.462 e. The summed E-state index contributed by atoms with van der Waals surface area (Å²) in [6.07, 6.45) is 1.48. The number of halogens is 1. The number of ether oxygens (including phenoxy) is 3. The van der Waals surface area contributed by atoms with E-state index in [9.17, 15) is 4.79 Å². The number of methoxy groups -OCH3 is 2. The van der Waals surface area contributed by atoms with Crippen LogP contribution in [0.5, 0.6) is 0 Å². The van der Waals surface area contributed by atoms with E-state index in [1.807, 2.05) is 6.07 Å². The van der Waals surface area contributed by atoms with Crippen LogP contribution in [-0.4, -0.2) is 40.0 Å². The predicted molar refractivity (Wildman–Crippen MR) is 85.2 cm³/mol. The summed E-state index contributed by atoms with van der Waals surface area (Å²) in [5.41, 5.74) is 8.93. The minimum Gasteiger partial charge on any atom is -0.462 e. The Morgan fingerprint density at radius 3 is 2.10 bits per heavy atom. The van der Waals surface area contributed by atoms with Gasteiger partial charge in [-0.2, -0.15) is 0 Å². The first kappa shape index (κ1) is 19.7. The molecule has 120 valence electrons. The summed E-state index contributed by atoms with van der Waals surface area (Å²) >= 11 is 0. The van der Waals surface area contributed by atoms with Crippen molar-refractivity contribution in [2.75, 3.05) is 39.8 Å². The maximum Gasteiger partial charge on any atom is 0.340 e. The van der Waals surface area contributed by atoms with Crippen molar-refractivity contribution in [2.45, 2.75) is 19.8 Å². The number of nitrogen functional groups attached to an aromatic ring is 1. The average Bonchev–Trinajstić information content (AvgIpc) is 2.44. The Hall–Kier alpha value is -1.30. The maximum atomic E-state index is 11.9. The molecule has 6 heteroatoms. The molecular formula is C15H24ClNO4. The normalized spacial score (nSPS) is 10.0. The van der Waals surface area contributed by atoms with Gasteiger partial charge in [0, 0.05) is 19.9 Å². The van der Waals surface area contributed by atoms with Crippen molar-refractivity contribution < 1.29 is 19.0 Å². The highest BCUT2D eigenvalue weighted by molar-refractivity contribution is 5.95. The molecule has 21 heavy (non-hydrogen) atoms. The maximum absolute atomic E-state index is 11.9. The van der Waals surface area contributed by atoms with E-state index in [2.05, 4.69) is 0 Å². The molecule has 0 amide bonds. The SMILES string of the molecule is CCOC(=O)c1cc(CCOC)c(CCOC)cc1N.Cl. The number of nitrogens with two attached hydrogens (primary N) is 1. The molecule has 0 aliphatic carbocycles. The van der Waals surface area contributed by atoms with E-state index in [1.54, 1.807) is 27.2 Å². The number of carbonyl (C=O) groups is 1. The van der Waals surface area contributed by atoms with Crippen LogP contribution >= 0.6 is 12.4 Å². The zero-order valence-corrected chi connectivity index (χ0v) is 13.6. The molecule has 0 saturated heterocycles. The van der Waals surface area contributed by atoms with Crippen LogP contribution < -0.4 is 5.73 Å². The van der Waals surface area contributed by atoms with Crippen molar-refractivity contribution in [3.63, 3.8) is 0 Å². The minimum atomic E-state index is -0.387. The molecule has 0 aromatic heterocycles. The Balaban J connectivity index is 0.00000400. The molecular weight excluding hydrogens is 294 g/mol. The van der Waals surface area contributed by atoms with Crippen molar-refractivity contribution in [3.8, 4) is 0 Å². The summed E-state index contributed by atoms with van der Waals surface area (Å²) in [6, 6.07) is 3.63. The second kappa shape index (κ2) is 10.4. The second-order valence-corrected chi connectivity index (χ2v) is 4.41. The third-order valence-corrected chi connectivity index (χ3v) is 3.02. The molecule has 0 unspecified atom stereocenters. The van der Waals surface area contributed by atoms with Gasteiger partial charge in [-0.1, -0.05) is 0 Å². The number of rotatable bonds is 8. The summed E-state index contributed by atoms with van der Waals surface area (Å²) in [7, 11) is 3.31. The van der Waals surface area contributed by atoms with E-state index in [0.29, 0.717) is 31.1 Å². The first-order valence-corrected chi connectivity index (χ1v) is 6.70. The van der Waals surface area contributed by atoms with Crippen LogP contribution in [0.2, 0.25) is 0 Å². The van der Waals surface area contributed by atoms with Crippen LogP contribution in [0.3, 0.4) is 0 Å². The predicted octanol–water partition coefficient (Wildman–Crippen LogP) is 2.25. The van der Waals surface area contributed by atoms with E-state index < -0.39 is 0 Å². The van der Waals surface area contributed by atoms with Gasteiger partial charge >= 0.3 is 5.97 Å². The van der Waals surface area contributed by atoms with Crippen LogP contribution in [0.25, 0.3) is 0 Å². The number of anilines is 1. The van der Waals surface area contributed by atoms with E-state index in [4.69, 9.17) is 19.9 Å². The van der Waals surface area contributed by atoms with Gasteiger partial charge in [-0.05, 0) is 43.0 Å². The Kier molecular flexibility index (Phi) is 9.78. The van der Waals surface area contributed by atoms with Gasteiger partial charge < -0.3 is 19.9 Å². The molecule has 0 spiro atoms. The summed E-state index contributed by atoms with van der Waals surface area (Å²) in [5.74, 6) is -0.387. The number of esters is 1. The van der Waals surface area contributed by atoms with Gasteiger partial charge in [-0.15, -0.1) is 12.4 Å². The molecule has 1 aromatic rings. The summed E-state index contributed by atoms with van der Waals surface area (Å²) in [6.45, 7) is 3.30. The van der Waals surface area contributed by atoms with Crippen LogP contribution in [0.15, 0.2) is 12.1 Å². The first-order chi connectivity index (χ1) is 9.63. The van der Waals surface area contributed by atoms with Crippen LogP contribution in [0.1, 0.15) is 28.4 Å². The van der Waals surface area contributed by atoms with Crippen molar-refractivity contribution >= 4 is 24.1 Å².